The Bertz CT molecular complexity index is 579. The molecule has 0 fully saturated rings. The number of anilines is 1. The molecule has 0 unspecified atom stereocenters. The molecule has 106 valence electrons. The molecule has 0 bridgehead atoms. The minimum Gasteiger partial charge on any atom is -0.495 e. The summed E-state index contributed by atoms with van der Waals surface area (Å²) in [5.74, 6) is 0.604. The Hall–Kier alpha value is -2.30. The molecule has 0 aliphatic carbocycles. The molecule has 0 radical (unpaired) electrons. The molecule has 2 rings (SSSR count). The molecule has 0 spiro atoms. The van der Waals surface area contributed by atoms with E-state index < -0.39 is 0 Å². The lowest BCUT2D eigenvalue weighted by molar-refractivity contribution is -0.116. The number of carbonyl (C=O) groups is 1. The highest BCUT2D eigenvalue weighted by Crippen LogP contribution is 2.25. The van der Waals surface area contributed by atoms with Crippen LogP contribution in [0.3, 0.4) is 0 Å². The third-order valence-corrected chi connectivity index (χ3v) is 3.09. The van der Waals surface area contributed by atoms with E-state index in [9.17, 15) is 4.79 Å². The van der Waals surface area contributed by atoms with Crippen LogP contribution in [0.1, 0.15) is 24.9 Å². The fourth-order valence-electron chi connectivity index (χ4n) is 2.02. The van der Waals surface area contributed by atoms with E-state index in [-0.39, 0.29) is 11.9 Å². The summed E-state index contributed by atoms with van der Waals surface area (Å²) in [6, 6.07) is 7.55. The summed E-state index contributed by atoms with van der Waals surface area (Å²) in [4.78, 5) is 12.1. The van der Waals surface area contributed by atoms with E-state index in [1.54, 1.807) is 18.0 Å². The van der Waals surface area contributed by atoms with Gasteiger partial charge in [-0.3, -0.25) is 9.48 Å². The van der Waals surface area contributed by atoms with Gasteiger partial charge in [0.2, 0.25) is 5.91 Å². The van der Waals surface area contributed by atoms with Gasteiger partial charge < -0.3 is 10.1 Å². The van der Waals surface area contributed by atoms with E-state index in [0.29, 0.717) is 17.9 Å². The van der Waals surface area contributed by atoms with Gasteiger partial charge in [-0.25, -0.2) is 0 Å². The van der Waals surface area contributed by atoms with E-state index in [1.807, 2.05) is 44.3 Å². The lowest BCUT2D eigenvalue weighted by atomic mass is 10.2. The van der Waals surface area contributed by atoms with E-state index in [4.69, 9.17) is 4.74 Å². The Balaban J connectivity index is 2.03. The van der Waals surface area contributed by atoms with Gasteiger partial charge in [0.1, 0.15) is 5.75 Å². The van der Waals surface area contributed by atoms with E-state index in [0.717, 1.165) is 5.56 Å². The molecule has 0 aliphatic heterocycles. The number of aromatic nitrogens is 2. The first-order valence-electron chi connectivity index (χ1n) is 6.53. The van der Waals surface area contributed by atoms with Crippen molar-refractivity contribution in [2.75, 3.05) is 12.4 Å². The molecular formula is C15H19N3O2. The van der Waals surface area contributed by atoms with Gasteiger partial charge in [0.15, 0.2) is 0 Å². The van der Waals surface area contributed by atoms with Crippen molar-refractivity contribution >= 4 is 11.6 Å². The predicted molar refractivity (Wildman–Crippen MR) is 77.9 cm³/mol. The Morgan fingerprint density at radius 1 is 1.50 bits per heavy atom. The zero-order valence-corrected chi connectivity index (χ0v) is 12.0. The number of hydrogen-bond acceptors (Lipinski definition) is 3. The number of carbonyl (C=O) groups excluding carboxylic acids is 1. The Labute approximate surface area is 118 Å². The monoisotopic (exact) mass is 273 g/mol. The average molecular weight is 273 g/mol. The summed E-state index contributed by atoms with van der Waals surface area (Å²) < 4.78 is 7.02. The van der Waals surface area contributed by atoms with Crippen LogP contribution in [0.5, 0.6) is 5.75 Å². The van der Waals surface area contributed by atoms with Gasteiger partial charge in [-0.1, -0.05) is 6.07 Å². The lowest BCUT2D eigenvalue weighted by Gasteiger charge is -2.14. The SMILES string of the molecule is COc1ccc(C)cc1NC(=O)C[C@H](C)n1cccn1. The first-order chi connectivity index (χ1) is 9.60. The van der Waals surface area contributed by atoms with Gasteiger partial charge in [-0.05, 0) is 37.6 Å². The summed E-state index contributed by atoms with van der Waals surface area (Å²) >= 11 is 0. The van der Waals surface area contributed by atoms with E-state index in [2.05, 4.69) is 10.4 Å². The van der Waals surface area contributed by atoms with Crippen LogP contribution in [0.4, 0.5) is 5.69 Å². The highest BCUT2D eigenvalue weighted by molar-refractivity contribution is 5.92. The maximum atomic E-state index is 12.1. The van der Waals surface area contributed by atoms with Crippen LogP contribution >= 0.6 is 0 Å². The zero-order chi connectivity index (χ0) is 14.5. The van der Waals surface area contributed by atoms with Crippen molar-refractivity contribution in [2.24, 2.45) is 0 Å². The predicted octanol–water partition coefficient (Wildman–Crippen LogP) is 2.79. The van der Waals surface area contributed by atoms with Crippen LogP contribution in [0.25, 0.3) is 0 Å². The van der Waals surface area contributed by atoms with Crippen molar-refractivity contribution in [3.05, 3.63) is 42.2 Å². The number of methoxy groups -OCH3 is 1. The molecule has 0 saturated carbocycles. The molecule has 1 N–H and O–H groups in total. The molecule has 1 atom stereocenters. The number of aryl methyl sites for hydroxylation is 1. The molecule has 1 amide bonds. The normalized spacial score (nSPS) is 11.9. The lowest BCUT2D eigenvalue weighted by Crippen LogP contribution is -2.18. The van der Waals surface area contributed by atoms with E-state index in [1.165, 1.54) is 0 Å². The van der Waals surface area contributed by atoms with Gasteiger partial charge >= 0.3 is 0 Å². The van der Waals surface area contributed by atoms with Gasteiger partial charge in [0.05, 0.1) is 18.8 Å². The number of rotatable bonds is 5. The molecule has 1 heterocycles. The van der Waals surface area contributed by atoms with Crippen LogP contribution in [0, 0.1) is 6.92 Å². The molecule has 2 aromatic rings. The summed E-state index contributed by atoms with van der Waals surface area (Å²) in [5, 5.41) is 7.03. The van der Waals surface area contributed by atoms with Crippen molar-refractivity contribution < 1.29 is 9.53 Å². The molecule has 1 aromatic carbocycles. The zero-order valence-electron chi connectivity index (χ0n) is 12.0. The first-order valence-corrected chi connectivity index (χ1v) is 6.53. The highest BCUT2D eigenvalue weighted by atomic mass is 16.5. The second-order valence-corrected chi connectivity index (χ2v) is 4.79. The summed E-state index contributed by atoms with van der Waals surface area (Å²) in [5.41, 5.74) is 1.77. The van der Waals surface area contributed by atoms with E-state index >= 15 is 0 Å². The number of amides is 1. The quantitative estimate of drug-likeness (QED) is 0.911. The summed E-state index contributed by atoms with van der Waals surface area (Å²) in [6.45, 7) is 3.93. The minimum atomic E-state index is -0.0584. The largest absolute Gasteiger partial charge is 0.495 e. The molecule has 1 aromatic heterocycles. The van der Waals surface area contributed by atoms with Crippen LogP contribution in [0.2, 0.25) is 0 Å². The second-order valence-electron chi connectivity index (χ2n) is 4.79. The summed E-state index contributed by atoms with van der Waals surface area (Å²) in [6.07, 6.45) is 3.92. The summed E-state index contributed by atoms with van der Waals surface area (Å²) in [7, 11) is 1.59. The van der Waals surface area contributed by atoms with Crippen LogP contribution in [0.15, 0.2) is 36.7 Å². The molecule has 20 heavy (non-hydrogen) atoms. The number of nitrogens with one attached hydrogen (secondary N) is 1. The van der Waals surface area contributed by atoms with Crippen LogP contribution in [-0.2, 0) is 4.79 Å². The molecule has 0 aliphatic rings. The fourth-order valence-corrected chi connectivity index (χ4v) is 2.02. The molecule has 0 saturated heterocycles. The van der Waals surface area contributed by atoms with Crippen molar-refractivity contribution in [3.8, 4) is 5.75 Å². The highest BCUT2D eigenvalue weighted by Gasteiger charge is 2.13. The third kappa shape index (κ3) is 3.38. The molecule has 5 heteroatoms. The van der Waals surface area contributed by atoms with Crippen molar-refractivity contribution in [2.45, 2.75) is 26.3 Å². The van der Waals surface area contributed by atoms with Crippen molar-refractivity contribution in [1.82, 2.24) is 9.78 Å². The standard InChI is InChI=1S/C15H19N3O2/c1-11-5-6-14(20-3)13(9-11)17-15(19)10-12(2)18-8-4-7-16-18/h4-9,12H,10H2,1-3H3,(H,17,19)/t12-/m0/s1. The van der Waals surface area contributed by atoms with Crippen molar-refractivity contribution in [1.29, 1.82) is 0 Å². The Kier molecular flexibility index (Phi) is 4.40. The van der Waals surface area contributed by atoms with Gasteiger partial charge in [0.25, 0.3) is 0 Å². The maximum Gasteiger partial charge on any atom is 0.226 e. The van der Waals surface area contributed by atoms with Crippen LogP contribution in [-0.4, -0.2) is 22.8 Å². The second kappa shape index (κ2) is 6.23. The molecular weight excluding hydrogens is 254 g/mol. The smallest absolute Gasteiger partial charge is 0.226 e. The number of benzene rings is 1. The average Bonchev–Trinajstić information content (AvgIpc) is 2.92. The third-order valence-electron chi connectivity index (χ3n) is 3.09. The topological polar surface area (TPSA) is 56.1 Å². The molecule has 5 nitrogen and oxygen atoms in total. The fraction of sp³-hybridized carbons (Fsp3) is 0.333. The number of hydrogen-bond donors (Lipinski definition) is 1. The Morgan fingerprint density at radius 3 is 2.95 bits per heavy atom. The van der Waals surface area contributed by atoms with Gasteiger partial charge in [-0.2, -0.15) is 5.10 Å². The first kappa shape index (κ1) is 14.1. The maximum absolute atomic E-state index is 12.1. The minimum absolute atomic E-state index is 0.0146. The van der Waals surface area contributed by atoms with Gasteiger partial charge in [0, 0.05) is 18.8 Å². The van der Waals surface area contributed by atoms with Crippen LogP contribution < -0.4 is 10.1 Å². The Morgan fingerprint density at radius 2 is 2.30 bits per heavy atom. The number of ether oxygens (including phenoxy) is 1. The van der Waals surface area contributed by atoms with Crippen molar-refractivity contribution in [3.63, 3.8) is 0 Å². The van der Waals surface area contributed by atoms with Gasteiger partial charge in [-0.15, -0.1) is 0 Å². The number of nitrogens with zero attached hydrogens (tertiary/aromatic N) is 2.